The van der Waals surface area contributed by atoms with Crippen molar-refractivity contribution in [1.82, 2.24) is 9.88 Å². The van der Waals surface area contributed by atoms with Gasteiger partial charge in [-0.05, 0) is 94.9 Å². The molecule has 0 spiro atoms. The van der Waals surface area contributed by atoms with Crippen LogP contribution >= 0.6 is 22.9 Å². The summed E-state index contributed by atoms with van der Waals surface area (Å²) in [6.45, 7) is 21.1. The van der Waals surface area contributed by atoms with Gasteiger partial charge in [-0.1, -0.05) is 32.4 Å². The van der Waals surface area contributed by atoms with E-state index >= 15 is 0 Å². The fourth-order valence-corrected chi connectivity index (χ4v) is 8.56. The Morgan fingerprint density at radius 2 is 1.91 bits per heavy atom. The van der Waals surface area contributed by atoms with E-state index in [1.807, 2.05) is 37.9 Å². The Kier molecular flexibility index (Phi) is 8.96. The molecule has 1 fully saturated rings. The van der Waals surface area contributed by atoms with Gasteiger partial charge in [0.2, 0.25) is 0 Å². The average molecular weight is 658 g/mol. The first-order valence-corrected chi connectivity index (χ1v) is 19.7. The van der Waals surface area contributed by atoms with Crippen LogP contribution in [0, 0.1) is 0 Å². The molecule has 1 N–H and O–H groups in total. The average Bonchev–Trinajstić information content (AvgIpc) is 3.51. The Morgan fingerprint density at radius 1 is 1.18 bits per heavy atom. The summed E-state index contributed by atoms with van der Waals surface area (Å²) < 4.78 is 13.8. The quantitative estimate of drug-likeness (QED) is 0.268. The lowest BCUT2D eigenvalue weighted by molar-refractivity contribution is 0.00116. The molecule has 0 radical (unpaired) electrons. The summed E-state index contributed by atoms with van der Waals surface area (Å²) in [5, 5.41) is 10.6. The monoisotopic (exact) mass is 657 g/mol. The Morgan fingerprint density at radius 3 is 2.57 bits per heavy atom. The topological polar surface area (TPSA) is 75.1 Å². The predicted octanol–water partition coefficient (Wildman–Crippen LogP) is 8.65. The summed E-state index contributed by atoms with van der Waals surface area (Å²) >= 11 is 8.33. The number of carbonyl (C=O) groups excluding carboxylic acids is 1. The first-order valence-electron chi connectivity index (χ1n) is 15.6. The van der Waals surface area contributed by atoms with Crippen LogP contribution in [0.3, 0.4) is 0 Å². The van der Waals surface area contributed by atoms with Crippen molar-refractivity contribution < 1.29 is 19.1 Å². The van der Waals surface area contributed by atoms with Gasteiger partial charge in [0.1, 0.15) is 5.60 Å². The lowest BCUT2D eigenvalue weighted by atomic mass is 9.91. The lowest BCUT2D eigenvalue weighted by Crippen LogP contribution is -2.53. The normalized spacial score (nSPS) is 21.2. The van der Waals surface area contributed by atoms with Crippen LogP contribution in [-0.4, -0.2) is 66.3 Å². The zero-order chi connectivity index (χ0) is 32.2. The standard InChI is InChI=1S/C34H48ClN3O4SSi/c1-32(2,3)42-31(40)38-19-24(18-34(38,7)21-41-44(8,9)33(4,5)6)37-14-10-11-22-15-23(35)16-27(29(22)37)26-12-13-36-28-17-25(20-39)43-30(26)28/h12-13,15-17,24,39H,10-11,14,18-21H2,1-9H3/t24-,34-/m0/s1. The number of nitrogens with zero attached hydrogens (tertiary/aromatic N) is 3. The minimum Gasteiger partial charge on any atom is -0.444 e. The number of rotatable bonds is 6. The molecule has 1 saturated heterocycles. The molecule has 44 heavy (non-hydrogen) atoms. The Balaban J connectivity index is 1.56. The van der Waals surface area contributed by atoms with Gasteiger partial charge in [-0.25, -0.2) is 4.79 Å². The Hall–Kier alpha value is -2.17. The van der Waals surface area contributed by atoms with Crippen molar-refractivity contribution in [2.75, 3.05) is 24.6 Å². The Labute approximate surface area is 272 Å². The number of carbonyl (C=O) groups is 1. The van der Waals surface area contributed by atoms with Crippen molar-refractivity contribution >= 4 is 53.3 Å². The molecule has 1 amide bonds. The number of halogens is 1. The largest absolute Gasteiger partial charge is 0.444 e. The maximum atomic E-state index is 13.8. The van der Waals surface area contributed by atoms with E-state index in [1.165, 1.54) is 11.3 Å². The minimum atomic E-state index is -2.07. The second-order valence-electron chi connectivity index (χ2n) is 15.2. The fourth-order valence-electron chi connectivity index (χ4n) is 6.21. The molecule has 10 heteroatoms. The summed E-state index contributed by atoms with van der Waals surface area (Å²) in [7, 11) is -2.07. The number of aliphatic hydroxyl groups excluding tert-OH is 1. The molecule has 7 nitrogen and oxygen atoms in total. The van der Waals surface area contributed by atoms with E-state index in [-0.39, 0.29) is 23.8 Å². The number of amides is 1. The van der Waals surface area contributed by atoms with Gasteiger partial charge in [-0.15, -0.1) is 11.3 Å². The van der Waals surface area contributed by atoms with Crippen LogP contribution < -0.4 is 4.90 Å². The number of thiophene rings is 1. The van der Waals surface area contributed by atoms with Crippen molar-refractivity contribution in [2.45, 2.75) is 110 Å². The number of fused-ring (bicyclic) bond motifs is 2. The van der Waals surface area contributed by atoms with Gasteiger partial charge >= 0.3 is 6.09 Å². The zero-order valence-electron chi connectivity index (χ0n) is 27.7. The first kappa shape index (κ1) is 33.2. The van der Waals surface area contributed by atoms with Gasteiger partial charge in [0.05, 0.1) is 29.0 Å². The summed E-state index contributed by atoms with van der Waals surface area (Å²) in [6, 6.07) is 8.24. The number of aryl methyl sites for hydroxylation is 1. The highest BCUT2D eigenvalue weighted by Crippen LogP contribution is 2.47. The number of likely N-dealkylation sites (tertiary alicyclic amines) is 1. The molecule has 0 aliphatic carbocycles. The van der Waals surface area contributed by atoms with E-state index in [9.17, 15) is 9.90 Å². The van der Waals surface area contributed by atoms with Gasteiger partial charge < -0.3 is 19.2 Å². The number of hydrogen-bond donors (Lipinski definition) is 1. The van der Waals surface area contributed by atoms with E-state index in [0.717, 1.165) is 52.0 Å². The number of ether oxygens (including phenoxy) is 1. The number of anilines is 1. The van der Waals surface area contributed by atoms with Crippen LogP contribution in [0.5, 0.6) is 0 Å². The second-order valence-corrected chi connectivity index (χ2v) is 21.6. The van der Waals surface area contributed by atoms with E-state index in [1.54, 1.807) is 11.3 Å². The molecular formula is C34H48ClN3O4SSi. The third-order valence-electron chi connectivity index (χ3n) is 9.52. The van der Waals surface area contributed by atoms with Gasteiger partial charge in [0, 0.05) is 52.0 Å². The molecule has 0 saturated carbocycles. The second kappa shape index (κ2) is 11.9. The maximum Gasteiger partial charge on any atom is 0.410 e. The molecule has 4 heterocycles. The highest BCUT2D eigenvalue weighted by Gasteiger charge is 2.50. The molecule has 0 unspecified atom stereocenters. The molecule has 2 aromatic heterocycles. The van der Waals surface area contributed by atoms with Crippen LogP contribution in [0.2, 0.25) is 23.2 Å². The molecule has 2 aliphatic rings. The minimum absolute atomic E-state index is 0.0155. The van der Waals surface area contributed by atoms with Crippen LogP contribution in [0.15, 0.2) is 30.5 Å². The van der Waals surface area contributed by atoms with Crippen LogP contribution in [0.4, 0.5) is 10.5 Å². The SMILES string of the molecule is CC(C)(C)OC(=O)N1C[C@@H](N2CCCc3cc(Cl)cc(-c4ccnc5cc(CO)sc45)c32)C[C@@]1(C)CO[Si](C)(C)C(C)(C)C. The highest BCUT2D eigenvalue weighted by molar-refractivity contribution is 7.19. The molecule has 5 rings (SSSR count). The number of aliphatic hydroxyl groups is 1. The predicted molar refractivity (Wildman–Crippen MR) is 185 cm³/mol. The molecule has 2 aliphatic heterocycles. The van der Waals surface area contributed by atoms with Crippen LogP contribution in [-0.2, 0) is 22.2 Å². The molecule has 3 aromatic rings. The smallest absolute Gasteiger partial charge is 0.410 e. The summed E-state index contributed by atoms with van der Waals surface area (Å²) in [4.78, 5) is 23.7. The van der Waals surface area contributed by atoms with E-state index < -0.39 is 19.5 Å². The van der Waals surface area contributed by atoms with Gasteiger partial charge in [-0.2, -0.15) is 0 Å². The molecular weight excluding hydrogens is 610 g/mol. The number of pyridine rings is 1. The molecule has 2 atom stereocenters. The van der Waals surface area contributed by atoms with Crippen molar-refractivity contribution in [3.05, 3.63) is 45.9 Å². The summed E-state index contributed by atoms with van der Waals surface area (Å²) in [5.41, 5.74) is 4.28. The molecule has 0 bridgehead atoms. The lowest BCUT2D eigenvalue weighted by Gasteiger charge is -2.42. The van der Waals surface area contributed by atoms with Crippen molar-refractivity contribution in [1.29, 1.82) is 0 Å². The van der Waals surface area contributed by atoms with E-state index in [4.69, 9.17) is 20.8 Å². The molecule has 240 valence electrons. The van der Waals surface area contributed by atoms with Crippen LogP contribution in [0.25, 0.3) is 21.3 Å². The van der Waals surface area contributed by atoms with Crippen LogP contribution in [0.1, 0.15) is 71.7 Å². The summed E-state index contributed by atoms with van der Waals surface area (Å²) in [6.07, 6.45) is 4.25. The molecule has 1 aromatic carbocycles. The zero-order valence-corrected chi connectivity index (χ0v) is 30.3. The van der Waals surface area contributed by atoms with Gasteiger partial charge in [-0.3, -0.25) is 9.88 Å². The Bertz CT molecular complexity index is 1550. The van der Waals surface area contributed by atoms with Gasteiger partial charge in [0.15, 0.2) is 8.32 Å². The van der Waals surface area contributed by atoms with Gasteiger partial charge in [0.25, 0.3) is 0 Å². The third-order valence-corrected chi connectivity index (χ3v) is 15.4. The highest BCUT2D eigenvalue weighted by atomic mass is 35.5. The van der Waals surface area contributed by atoms with Crippen molar-refractivity contribution in [3.63, 3.8) is 0 Å². The van der Waals surface area contributed by atoms with E-state index in [2.05, 4.69) is 68.9 Å². The first-order chi connectivity index (χ1) is 20.4. The van der Waals surface area contributed by atoms with Crippen molar-refractivity contribution in [3.8, 4) is 11.1 Å². The van der Waals surface area contributed by atoms with E-state index in [0.29, 0.717) is 18.2 Å². The fraction of sp³-hybridized carbons (Fsp3) is 0.588. The third kappa shape index (κ3) is 6.54. The maximum absolute atomic E-state index is 13.8. The van der Waals surface area contributed by atoms with Crippen molar-refractivity contribution in [2.24, 2.45) is 0 Å². The summed E-state index contributed by atoms with van der Waals surface area (Å²) in [5.74, 6) is 0. The number of aromatic nitrogens is 1. The number of hydrogen-bond acceptors (Lipinski definition) is 7. The number of benzene rings is 1.